The van der Waals surface area contributed by atoms with Gasteiger partial charge in [-0.1, -0.05) is 6.92 Å². The van der Waals surface area contributed by atoms with Gasteiger partial charge in [0.05, 0.1) is 15.7 Å². The van der Waals surface area contributed by atoms with Gasteiger partial charge in [0.25, 0.3) is 0 Å². The van der Waals surface area contributed by atoms with Crippen molar-refractivity contribution in [2.45, 2.75) is 6.92 Å². The number of hydrogen-bond acceptors (Lipinski definition) is 4. The topological polar surface area (TPSA) is 68.0 Å². The number of nitrogens with one attached hydrogen (secondary N) is 1. The van der Waals surface area contributed by atoms with E-state index >= 15 is 0 Å². The minimum Gasteiger partial charge on any atom is -0.330 e. The molecule has 0 radical (unpaired) electrons. The minimum absolute atomic E-state index is 0. The molecule has 92 valence electrons. The van der Waals surface area contributed by atoms with Crippen LogP contribution in [-0.2, 0) is 4.79 Å². The van der Waals surface area contributed by atoms with Crippen LogP contribution in [0.15, 0.2) is 23.7 Å². The van der Waals surface area contributed by atoms with Gasteiger partial charge in [0.1, 0.15) is 0 Å². The van der Waals surface area contributed by atoms with E-state index in [2.05, 4.69) is 10.3 Å². The van der Waals surface area contributed by atoms with Crippen LogP contribution in [0.1, 0.15) is 6.92 Å². The number of halogens is 1. The first-order chi connectivity index (χ1) is 7.70. The van der Waals surface area contributed by atoms with Gasteiger partial charge in [-0.2, -0.15) is 0 Å². The molecular formula is C11H14ClN3OS. The Hall–Kier alpha value is -1.17. The van der Waals surface area contributed by atoms with Crippen molar-refractivity contribution in [1.82, 2.24) is 4.98 Å². The van der Waals surface area contributed by atoms with Crippen molar-refractivity contribution in [2.75, 3.05) is 11.9 Å². The molecule has 1 heterocycles. The maximum atomic E-state index is 11.6. The highest BCUT2D eigenvalue weighted by molar-refractivity contribution is 7.16. The molecule has 2 rings (SSSR count). The molecule has 6 heteroatoms. The third-order valence-electron chi connectivity index (χ3n) is 2.40. The van der Waals surface area contributed by atoms with Crippen molar-refractivity contribution in [3.63, 3.8) is 0 Å². The lowest BCUT2D eigenvalue weighted by Crippen LogP contribution is -2.26. The Labute approximate surface area is 110 Å². The smallest absolute Gasteiger partial charge is 0.228 e. The van der Waals surface area contributed by atoms with Crippen LogP contribution in [0.3, 0.4) is 0 Å². The van der Waals surface area contributed by atoms with Crippen molar-refractivity contribution in [3.05, 3.63) is 23.7 Å². The number of thiazole rings is 1. The van der Waals surface area contributed by atoms with Crippen LogP contribution in [0, 0.1) is 5.92 Å². The molecule has 1 aromatic carbocycles. The van der Waals surface area contributed by atoms with E-state index in [1.54, 1.807) is 23.8 Å². The summed E-state index contributed by atoms with van der Waals surface area (Å²) in [4.78, 5) is 15.8. The van der Waals surface area contributed by atoms with E-state index in [0.29, 0.717) is 6.54 Å². The first-order valence-electron chi connectivity index (χ1n) is 5.05. The SMILES string of the molecule is CC(CN)C(=O)Nc1ccc2ncsc2c1.Cl. The average Bonchev–Trinajstić information content (AvgIpc) is 2.75. The molecule has 1 unspecified atom stereocenters. The Morgan fingerprint density at radius 2 is 2.35 bits per heavy atom. The molecule has 0 fully saturated rings. The Bertz CT molecular complexity index is 514. The second-order valence-electron chi connectivity index (χ2n) is 3.66. The van der Waals surface area contributed by atoms with Gasteiger partial charge in [0.2, 0.25) is 5.91 Å². The molecule has 1 atom stereocenters. The predicted octanol–water partition coefficient (Wildman–Crippen LogP) is 2.25. The molecule has 1 amide bonds. The highest BCUT2D eigenvalue weighted by Crippen LogP contribution is 2.21. The summed E-state index contributed by atoms with van der Waals surface area (Å²) in [7, 11) is 0. The van der Waals surface area contributed by atoms with E-state index in [1.165, 1.54) is 0 Å². The number of fused-ring (bicyclic) bond motifs is 1. The largest absolute Gasteiger partial charge is 0.330 e. The first-order valence-corrected chi connectivity index (χ1v) is 5.93. The normalized spacial score (nSPS) is 11.9. The van der Waals surface area contributed by atoms with Crippen molar-refractivity contribution < 1.29 is 4.79 Å². The van der Waals surface area contributed by atoms with Crippen LogP contribution in [-0.4, -0.2) is 17.4 Å². The zero-order valence-electron chi connectivity index (χ0n) is 9.34. The van der Waals surface area contributed by atoms with Crippen LogP contribution >= 0.6 is 23.7 Å². The molecular weight excluding hydrogens is 258 g/mol. The summed E-state index contributed by atoms with van der Waals surface area (Å²) >= 11 is 1.56. The Morgan fingerprint density at radius 3 is 3.06 bits per heavy atom. The molecule has 17 heavy (non-hydrogen) atoms. The van der Waals surface area contributed by atoms with Crippen LogP contribution in [0.5, 0.6) is 0 Å². The quantitative estimate of drug-likeness (QED) is 0.900. The third-order valence-corrected chi connectivity index (χ3v) is 3.19. The maximum absolute atomic E-state index is 11.6. The van der Waals surface area contributed by atoms with Crippen LogP contribution in [0.4, 0.5) is 5.69 Å². The highest BCUT2D eigenvalue weighted by atomic mass is 35.5. The number of amides is 1. The van der Waals surface area contributed by atoms with E-state index in [9.17, 15) is 4.79 Å². The van der Waals surface area contributed by atoms with E-state index < -0.39 is 0 Å². The number of anilines is 1. The fourth-order valence-electron chi connectivity index (χ4n) is 1.31. The summed E-state index contributed by atoms with van der Waals surface area (Å²) in [5, 5.41) is 2.83. The molecule has 0 aliphatic heterocycles. The number of hydrogen-bond donors (Lipinski definition) is 2. The predicted molar refractivity (Wildman–Crippen MR) is 73.7 cm³/mol. The van der Waals surface area contributed by atoms with Gasteiger partial charge in [-0.05, 0) is 18.2 Å². The van der Waals surface area contributed by atoms with E-state index in [0.717, 1.165) is 15.9 Å². The number of nitrogens with zero attached hydrogens (tertiary/aromatic N) is 1. The lowest BCUT2D eigenvalue weighted by molar-refractivity contribution is -0.119. The van der Waals surface area contributed by atoms with Gasteiger partial charge in [-0.3, -0.25) is 4.79 Å². The van der Waals surface area contributed by atoms with Gasteiger partial charge in [-0.25, -0.2) is 4.98 Å². The van der Waals surface area contributed by atoms with Crippen molar-refractivity contribution in [2.24, 2.45) is 11.7 Å². The van der Waals surface area contributed by atoms with Gasteiger partial charge < -0.3 is 11.1 Å². The van der Waals surface area contributed by atoms with Crippen LogP contribution in [0.2, 0.25) is 0 Å². The van der Waals surface area contributed by atoms with Gasteiger partial charge in [-0.15, -0.1) is 23.7 Å². The fraction of sp³-hybridized carbons (Fsp3) is 0.273. The van der Waals surface area contributed by atoms with Gasteiger partial charge in [0, 0.05) is 18.2 Å². The molecule has 3 N–H and O–H groups in total. The first kappa shape index (κ1) is 13.9. The summed E-state index contributed by atoms with van der Waals surface area (Å²) in [6, 6.07) is 5.67. The Morgan fingerprint density at radius 1 is 1.59 bits per heavy atom. The number of carbonyl (C=O) groups excluding carboxylic acids is 1. The molecule has 0 saturated carbocycles. The molecule has 0 saturated heterocycles. The molecule has 0 bridgehead atoms. The fourth-order valence-corrected chi connectivity index (χ4v) is 2.02. The number of rotatable bonds is 3. The monoisotopic (exact) mass is 271 g/mol. The number of benzene rings is 1. The standard InChI is InChI=1S/C11H13N3OS.ClH/c1-7(5-12)11(15)14-8-2-3-9-10(4-8)16-6-13-9;/h2-4,6-7H,5,12H2,1H3,(H,14,15);1H. The molecule has 0 aliphatic carbocycles. The average molecular weight is 272 g/mol. The molecule has 0 spiro atoms. The molecule has 4 nitrogen and oxygen atoms in total. The van der Waals surface area contributed by atoms with Gasteiger partial charge in [0.15, 0.2) is 0 Å². The van der Waals surface area contributed by atoms with Gasteiger partial charge >= 0.3 is 0 Å². The lowest BCUT2D eigenvalue weighted by atomic mass is 10.1. The zero-order valence-corrected chi connectivity index (χ0v) is 11.0. The molecule has 0 aliphatic rings. The van der Waals surface area contributed by atoms with Crippen molar-refractivity contribution in [3.8, 4) is 0 Å². The number of aromatic nitrogens is 1. The summed E-state index contributed by atoms with van der Waals surface area (Å²) < 4.78 is 1.07. The number of carbonyl (C=O) groups is 1. The van der Waals surface area contributed by atoms with Crippen LogP contribution < -0.4 is 11.1 Å². The second-order valence-corrected chi connectivity index (χ2v) is 4.55. The van der Waals surface area contributed by atoms with E-state index in [1.807, 2.05) is 18.2 Å². The summed E-state index contributed by atoms with van der Waals surface area (Å²) in [5.41, 5.74) is 8.97. The van der Waals surface area contributed by atoms with E-state index in [-0.39, 0.29) is 24.2 Å². The molecule has 1 aromatic heterocycles. The summed E-state index contributed by atoms with van der Waals surface area (Å²) in [5.74, 6) is -0.219. The second kappa shape index (κ2) is 5.95. The highest BCUT2D eigenvalue weighted by Gasteiger charge is 2.10. The lowest BCUT2D eigenvalue weighted by Gasteiger charge is -2.09. The Balaban J connectivity index is 0.00000144. The summed E-state index contributed by atoms with van der Waals surface area (Å²) in [6.07, 6.45) is 0. The maximum Gasteiger partial charge on any atom is 0.228 e. The van der Waals surface area contributed by atoms with Crippen molar-refractivity contribution in [1.29, 1.82) is 0 Å². The molecule has 2 aromatic rings. The van der Waals surface area contributed by atoms with Crippen LogP contribution in [0.25, 0.3) is 10.2 Å². The number of nitrogens with two attached hydrogens (primary N) is 1. The van der Waals surface area contributed by atoms with Crippen molar-refractivity contribution >= 4 is 45.6 Å². The zero-order chi connectivity index (χ0) is 11.5. The van der Waals surface area contributed by atoms with E-state index in [4.69, 9.17) is 5.73 Å². The minimum atomic E-state index is -0.169. The third kappa shape index (κ3) is 3.15. The Kier molecular flexibility index (Phi) is 4.86. The summed E-state index contributed by atoms with van der Waals surface area (Å²) in [6.45, 7) is 2.16.